The lowest BCUT2D eigenvalue weighted by molar-refractivity contribution is 0.122. The molecule has 26 heavy (non-hydrogen) atoms. The Morgan fingerprint density at radius 1 is 0.962 bits per heavy atom. The molecule has 1 aromatic carbocycles. The molecule has 1 aromatic heterocycles. The second-order valence-corrected chi connectivity index (χ2v) is 6.87. The highest BCUT2D eigenvalue weighted by Gasteiger charge is 2.36. The van der Waals surface area contributed by atoms with Crippen LogP contribution in [-0.4, -0.2) is 49.8 Å². The van der Waals surface area contributed by atoms with Gasteiger partial charge in [0.2, 0.25) is 0 Å². The van der Waals surface area contributed by atoms with E-state index in [1.807, 2.05) is 0 Å². The lowest BCUT2D eigenvalue weighted by Gasteiger charge is -2.21. The summed E-state index contributed by atoms with van der Waals surface area (Å²) < 4.78 is 0. The lowest BCUT2D eigenvalue weighted by atomic mass is 10.0. The van der Waals surface area contributed by atoms with Crippen LogP contribution in [0.1, 0.15) is 38.4 Å². The average Bonchev–Trinajstić information content (AvgIpc) is 3.18. The molecule has 0 radical (unpaired) electrons. The van der Waals surface area contributed by atoms with Gasteiger partial charge in [0.1, 0.15) is 12.1 Å². The third kappa shape index (κ3) is 5.41. The molecule has 3 unspecified atom stereocenters. The van der Waals surface area contributed by atoms with E-state index in [1.54, 1.807) is 24.3 Å². The Hall–Kier alpha value is -2.18. The van der Waals surface area contributed by atoms with E-state index in [2.05, 4.69) is 14.9 Å². The Kier molecular flexibility index (Phi) is 7.36. The second-order valence-electron chi connectivity index (χ2n) is 6.87. The molecule has 0 bridgehead atoms. The van der Waals surface area contributed by atoms with Gasteiger partial charge < -0.3 is 15.3 Å². The molecule has 1 aliphatic carbocycles. The number of phenolic OH excluding ortho intramolecular Hbond substituents is 1. The minimum atomic E-state index is -0.440. The molecule has 142 valence electrons. The van der Waals surface area contributed by atoms with Crippen molar-refractivity contribution in [3.8, 4) is 11.5 Å². The number of hydrogen-bond acceptors (Lipinski definition) is 6. The Morgan fingerprint density at radius 2 is 1.54 bits per heavy atom. The van der Waals surface area contributed by atoms with Crippen molar-refractivity contribution in [2.24, 2.45) is 11.8 Å². The summed E-state index contributed by atoms with van der Waals surface area (Å²) in [5.74, 6) is 2.10. The minimum Gasteiger partial charge on any atom is -0.508 e. The lowest BCUT2D eigenvalue weighted by Crippen LogP contribution is -2.27. The monoisotopic (exact) mass is 359 g/mol. The smallest absolute Gasteiger partial charge is 0.152 e. The first-order valence-corrected chi connectivity index (χ1v) is 8.75. The molecule has 2 fully saturated rings. The summed E-state index contributed by atoms with van der Waals surface area (Å²) in [4.78, 5) is 9.44. The van der Waals surface area contributed by atoms with Crippen molar-refractivity contribution in [3.05, 3.63) is 48.5 Å². The SMILES string of the molecule is C.Oc1ccc(C(O)CN2CC3CCCC3C2)cc1.Oc1cncnc1. The summed E-state index contributed by atoms with van der Waals surface area (Å²) in [6.07, 6.45) is 7.71. The van der Waals surface area contributed by atoms with Crippen molar-refractivity contribution in [2.75, 3.05) is 19.6 Å². The first-order chi connectivity index (χ1) is 12.1. The maximum atomic E-state index is 10.2. The summed E-state index contributed by atoms with van der Waals surface area (Å²) in [6, 6.07) is 6.88. The number of phenols is 1. The van der Waals surface area contributed by atoms with Gasteiger partial charge in [0.25, 0.3) is 0 Å². The van der Waals surface area contributed by atoms with Gasteiger partial charge in [-0.25, -0.2) is 9.97 Å². The number of β-amino-alcohol motifs (C(OH)–C–C–N with tert-alkyl or cyclic N) is 1. The number of aliphatic hydroxyl groups excluding tert-OH is 1. The first kappa shape index (κ1) is 20.1. The van der Waals surface area contributed by atoms with Crippen molar-refractivity contribution in [3.63, 3.8) is 0 Å². The molecule has 1 aliphatic heterocycles. The fourth-order valence-corrected chi connectivity index (χ4v) is 3.82. The zero-order valence-corrected chi connectivity index (χ0v) is 14.2. The minimum absolute atomic E-state index is 0. The van der Waals surface area contributed by atoms with E-state index in [4.69, 9.17) is 5.11 Å². The molecule has 1 saturated heterocycles. The van der Waals surface area contributed by atoms with Crippen LogP contribution in [0, 0.1) is 11.8 Å². The maximum absolute atomic E-state index is 10.2. The summed E-state index contributed by atoms with van der Waals surface area (Å²) in [6.45, 7) is 3.03. The van der Waals surface area contributed by atoms with Crippen LogP contribution in [0.5, 0.6) is 11.5 Å². The summed E-state index contributed by atoms with van der Waals surface area (Å²) in [5, 5.41) is 28.0. The zero-order chi connectivity index (χ0) is 17.6. The van der Waals surface area contributed by atoms with Crippen LogP contribution >= 0.6 is 0 Å². The highest BCUT2D eigenvalue weighted by Crippen LogP contribution is 2.38. The van der Waals surface area contributed by atoms with Gasteiger partial charge in [0, 0.05) is 19.6 Å². The van der Waals surface area contributed by atoms with Crippen LogP contribution in [0.3, 0.4) is 0 Å². The number of benzene rings is 1. The molecule has 0 amide bonds. The standard InChI is InChI=1S/C15H21NO2.C4H4N2O.CH4/c17-14-6-4-11(5-7-14)15(18)10-16-8-12-2-1-3-13(12)9-16;7-4-1-5-3-6-2-4;/h4-7,12-13,15,17-18H,1-3,8-10H2;1-3,7H;1H4. The van der Waals surface area contributed by atoms with E-state index in [0.29, 0.717) is 0 Å². The highest BCUT2D eigenvalue weighted by atomic mass is 16.3. The number of hydrogen-bond donors (Lipinski definition) is 3. The van der Waals surface area contributed by atoms with E-state index in [0.717, 1.165) is 37.0 Å². The van der Waals surface area contributed by atoms with Gasteiger partial charge in [-0.15, -0.1) is 0 Å². The third-order valence-corrected chi connectivity index (χ3v) is 5.06. The van der Waals surface area contributed by atoms with Crippen molar-refractivity contribution in [1.29, 1.82) is 0 Å². The van der Waals surface area contributed by atoms with Crippen molar-refractivity contribution >= 4 is 0 Å². The number of aromatic nitrogens is 2. The normalized spacial score (nSPS) is 22.7. The predicted octanol–water partition coefficient (Wildman–Crippen LogP) is 2.98. The molecule has 6 nitrogen and oxygen atoms in total. The third-order valence-electron chi connectivity index (χ3n) is 5.06. The highest BCUT2D eigenvalue weighted by molar-refractivity contribution is 5.27. The molecule has 0 spiro atoms. The summed E-state index contributed by atoms with van der Waals surface area (Å²) in [5.41, 5.74) is 0.893. The van der Waals surface area contributed by atoms with Crippen LogP contribution in [-0.2, 0) is 0 Å². The van der Waals surface area contributed by atoms with Gasteiger partial charge in [-0.3, -0.25) is 4.90 Å². The summed E-state index contributed by atoms with van der Waals surface area (Å²) in [7, 11) is 0. The van der Waals surface area contributed by atoms with Crippen LogP contribution in [0.25, 0.3) is 0 Å². The Labute approximate surface area is 155 Å². The molecule has 2 aromatic rings. The molecule has 6 heteroatoms. The number of nitrogens with zero attached hydrogens (tertiary/aromatic N) is 3. The molecular formula is C20H29N3O3. The van der Waals surface area contributed by atoms with Crippen molar-refractivity contribution in [2.45, 2.75) is 32.8 Å². The summed E-state index contributed by atoms with van der Waals surface area (Å²) >= 11 is 0. The topological polar surface area (TPSA) is 89.7 Å². The van der Waals surface area contributed by atoms with Crippen molar-refractivity contribution < 1.29 is 15.3 Å². The Morgan fingerprint density at radius 3 is 2.04 bits per heavy atom. The molecule has 4 rings (SSSR count). The Bertz CT molecular complexity index is 639. The fourth-order valence-electron chi connectivity index (χ4n) is 3.82. The first-order valence-electron chi connectivity index (χ1n) is 8.75. The van der Waals surface area contributed by atoms with Crippen LogP contribution in [0.15, 0.2) is 43.0 Å². The van der Waals surface area contributed by atoms with E-state index in [9.17, 15) is 10.2 Å². The molecule has 2 heterocycles. The number of aliphatic hydroxyl groups is 1. The van der Waals surface area contributed by atoms with E-state index in [-0.39, 0.29) is 18.9 Å². The van der Waals surface area contributed by atoms with Gasteiger partial charge in [0.15, 0.2) is 5.75 Å². The number of aromatic hydroxyl groups is 2. The maximum Gasteiger partial charge on any atom is 0.152 e. The fraction of sp³-hybridized carbons (Fsp3) is 0.500. The molecule has 2 aliphatic rings. The molecule has 3 atom stereocenters. The largest absolute Gasteiger partial charge is 0.508 e. The predicted molar refractivity (Wildman–Crippen MR) is 101 cm³/mol. The molecule has 3 N–H and O–H groups in total. The molecule has 1 saturated carbocycles. The Balaban J connectivity index is 0.000000258. The van der Waals surface area contributed by atoms with Gasteiger partial charge in [-0.1, -0.05) is 26.0 Å². The van der Waals surface area contributed by atoms with Crippen LogP contribution < -0.4 is 0 Å². The van der Waals surface area contributed by atoms with Gasteiger partial charge >= 0.3 is 0 Å². The van der Waals surface area contributed by atoms with Crippen molar-refractivity contribution in [1.82, 2.24) is 14.9 Å². The molecular weight excluding hydrogens is 330 g/mol. The van der Waals surface area contributed by atoms with Gasteiger partial charge in [-0.05, 0) is 42.4 Å². The zero-order valence-electron chi connectivity index (χ0n) is 14.2. The number of rotatable bonds is 3. The average molecular weight is 359 g/mol. The van der Waals surface area contributed by atoms with E-state index in [1.165, 1.54) is 38.0 Å². The van der Waals surface area contributed by atoms with Crippen LogP contribution in [0.2, 0.25) is 0 Å². The van der Waals surface area contributed by atoms with E-state index >= 15 is 0 Å². The van der Waals surface area contributed by atoms with E-state index < -0.39 is 6.10 Å². The van der Waals surface area contributed by atoms with Gasteiger partial charge in [0.05, 0.1) is 18.5 Å². The van der Waals surface area contributed by atoms with Gasteiger partial charge in [-0.2, -0.15) is 0 Å². The number of fused-ring (bicyclic) bond motifs is 1. The number of likely N-dealkylation sites (tertiary alicyclic amines) is 1. The second kappa shape index (κ2) is 9.50. The quantitative estimate of drug-likeness (QED) is 0.781. The van der Waals surface area contributed by atoms with Crippen LogP contribution in [0.4, 0.5) is 0 Å².